The van der Waals surface area contributed by atoms with Crippen LogP contribution in [0.5, 0.6) is 0 Å². The van der Waals surface area contributed by atoms with E-state index in [1.807, 2.05) is 24.3 Å². The van der Waals surface area contributed by atoms with Crippen molar-refractivity contribution in [1.82, 2.24) is 5.32 Å². The Hall–Kier alpha value is -2.81. The number of rotatable bonds is 6. The van der Waals surface area contributed by atoms with Gasteiger partial charge in [0.1, 0.15) is 24.6 Å². The van der Waals surface area contributed by atoms with Gasteiger partial charge in [-0.2, -0.15) is 5.26 Å². The molecule has 1 N–H and O–H groups in total. The van der Waals surface area contributed by atoms with Crippen molar-refractivity contribution in [3.05, 3.63) is 75.3 Å². The molecule has 2 rings (SSSR count). The van der Waals surface area contributed by atoms with Crippen molar-refractivity contribution < 1.29 is 9.63 Å². The maximum atomic E-state index is 11.9. The molecule has 0 aliphatic rings. The monoisotopic (exact) mass is 373 g/mol. The lowest BCUT2D eigenvalue weighted by Crippen LogP contribution is -2.22. The molecule has 0 fully saturated rings. The first-order valence-electron chi connectivity index (χ1n) is 7.16. The summed E-state index contributed by atoms with van der Waals surface area (Å²) in [4.78, 5) is 17.0. The van der Waals surface area contributed by atoms with Gasteiger partial charge in [-0.15, -0.1) is 0 Å². The summed E-state index contributed by atoms with van der Waals surface area (Å²) in [7, 11) is 0. The molecule has 0 aliphatic carbocycles. The molecule has 0 aromatic heterocycles. The van der Waals surface area contributed by atoms with Crippen LogP contribution in [0, 0.1) is 11.3 Å². The summed E-state index contributed by atoms with van der Waals surface area (Å²) in [6, 6.07) is 16.0. The zero-order valence-corrected chi connectivity index (χ0v) is 14.5. The SMILES string of the molecule is N#C/C(=C/c1ccccc1)C(=O)N/C=N\OCc1c(Cl)cccc1Cl. The molecular weight excluding hydrogens is 361 g/mol. The Morgan fingerprint density at radius 1 is 1.16 bits per heavy atom. The average molecular weight is 374 g/mol. The average Bonchev–Trinajstić information content (AvgIpc) is 2.62. The topological polar surface area (TPSA) is 74.5 Å². The van der Waals surface area contributed by atoms with E-state index in [9.17, 15) is 4.79 Å². The number of nitrogens with zero attached hydrogens (tertiary/aromatic N) is 2. The Labute approximate surface area is 155 Å². The number of nitriles is 1. The van der Waals surface area contributed by atoms with Crippen LogP contribution in [0.3, 0.4) is 0 Å². The lowest BCUT2D eigenvalue weighted by atomic mass is 10.1. The van der Waals surface area contributed by atoms with Gasteiger partial charge in [0.2, 0.25) is 0 Å². The second-order valence-electron chi connectivity index (χ2n) is 4.76. The molecule has 0 bridgehead atoms. The van der Waals surface area contributed by atoms with E-state index in [-0.39, 0.29) is 12.2 Å². The standard InChI is InChI=1S/C18H13Cl2N3O2/c19-16-7-4-8-17(20)15(16)11-25-23-12-22-18(24)14(10-21)9-13-5-2-1-3-6-13/h1-9,12H,11H2,(H,22,23,24)/b14-9-. The van der Waals surface area contributed by atoms with Crippen LogP contribution in [0.2, 0.25) is 10.0 Å². The molecule has 1 amide bonds. The zero-order valence-electron chi connectivity index (χ0n) is 12.9. The van der Waals surface area contributed by atoms with Crippen molar-refractivity contribution in [2.45, 2.75) is 6.61 Å². The fourth-order valence-corrected chi connectivity index (χ4v) is 2.34. The number of benzene rings is 2. The Morgan fingerprint density at radius 2 is 1.84 bits per heavy atom. The molecule has 0 radical (unpaired) electrons. The Morgan fingerprint density at radius 3 is 2.48 bits per heavy atom. The lowest BCUT2D eigenvalue weighted by molar-refractivity contribution is -0.115. The number of hydrogen-bond donors (Lipinski definition) is 1. The van der Waals surface area contributed by atoms with Gasteiger partial charge in [-0.1, -0.05) is 64.8 Å². The summed E-state index contributed by atoms with van der Waals surface area (Å²) in [5.41, 5.74) is 1.29. The van der Waals surface area contributed by atoms with Crippen LogP contribution in [-0.2, 0) is 16.2 Å². The lowest BCUT2D eigenvalue weighted by Gasteiger charge is -2.04. The summed E-state index contributed by atoms with van der Waals surface area (Å²) in [6.07, 6.45) is 2.54. The van der Waals surface area contributed by atoms with Crippen molar-refractivity contribution >= 4 is 41.5 Å². The van der Waals surface area contributed by atoms with Crippen molar-refractivity contribution in [3.8, 4) is 6.07 Å². The fourth-order valence-electron chi connectivity index (χ4n) is 1.84. The number of oxime groups is 1. The molecule has 0 saturated heterocycles. The van der Waals surface area contributed by atoms with Gasteiger partial charge in [-0.05, 0) is 23.8 Å². The highest BCUT2D eigenvalue weighted by Crippen LogP contribution is 2.24. The third kappa shape index (κ3) is 5.64. The van der Waals surface area contributed by atoms with Gasteiger partial charge in [0.05, 0.1) is 0 Å². The maximum absolute atomic E-state index is 11.9. The fraction of sp³-hybridized carbons (Fsp3) is 0.0556. The minimum atomic E-state index is -0.588. The highest BCUT2D eigenvalue weighted by molar-refractivity contribution is 6.35. The summed E-state index contributed by atoms with van der Waals surface area (Å²) in [5, 5.41) is 16.0. The summed E-state index contributed by atoms with van der Waals surface area (Å²) >= 11 is 12.0. The molecular formula is C18H13Cl2N3O2. The summed E-state index contributed by atoms with van der Waals surface area (Å²) < 4.78 is 0. The second kappa shape index (κ2) is 9.48. The molecule has 0 heterocycles. The predicted octanol–water partition coefficient (Wildman–Crippen LogP) is 4.18. The third-order valence-electron chi connectivity index (χ3n) is 3.07. The van der Waals surface area contributed by atoms with Crippen LogP contribution < -0.4 is 5.32 Å². The molecule has 25 heavy (non-hydrogen) atoms. The number of amides is 1. The summed E-state index contributed by atoms with van der Waals surface area (Å²) in [6.45, 7) is 0.0514. The molecule has 0 aliphatic heterocycles. The zero-order chi connectivity index (χ0) is 18.1. The number of nitrogens with one attached hydrogen (secondary N) is 1. The first kappa shape index (κ1) is 18.5. The van der Waals surface area contributed by atoms with Crippen molar-refractivity contribution in [3.63, 3.8) is 0 Å². The molecule has 0 spiro atoms. The van der Waals surface area contributed by atoms with Crippen LogP contribution in [0.1, 0.15) is 11.1 Å². The molecule has 126 valence electrons. The molecule has 2 aromatic rings. The quantitative estimate of drug-likeness (QED) is 0.271. The van der Waals surface area contributed by atoms with E-state index in [2.05, 4.69) is 10.5 Å². The van der Waals surface area contributed by atoms with Crippen molar-refractivity contribution in [2.75, 3.05) is 0 Å². The molecule has 0 unspecified atom stereocenters. The normalized spacial score (nSPS) is 11.2. The van der Waals surface area contributed by atoms with Crippen molar-refractivity contribution in [2.24, 2.45) is 5.16 Å². The number of carbonyl (C=O) groups is 1. The van der Waals surface area contributed by atoms with E-state index < -0.39 is 5.91 Å². The number of hydrogen-bond acceptors (Lipinski definition) is 4. The second-order valence-corrected chi connectivity index (χ2v) is 5.58. The van der Waals surface area contributed by atoms with Gasteiger partial charge < -0.3 is 10.2 Å². The van der Waals surface area contributed by atoms with Crippen LogP contribution in [-0.4, -0.2) is 12.2 Å². The maximum Gasteiger partial charge on any atom is 0.267 e. The van der Waals surface area contributed by atoms with E-state index in [0.29, 0.717) is 15.6 Å². The Kier molecular flexibility index (Phi) is 7.02. The highest BCUT2D eigenvalue weighted by Gasteiger charge is 2.08. The van der Waals surface area contributed by atoms with E-state index in [1.165, 1.54) is 6.08 Å². The minimum absolute atomic E-state index is 0.0493. The molecule has 2 aromatic carbocycles. The van der Waals surface area contributed by atoms with E-state index in [0.717, 1.165) is 11.9 Å². The van der Waals surface area contributed by atoms with Gasteiger partial charge in [0.15, 0.2) is 0 Å². The van der Waals surface area contributed by atoms with Crippen LogP contribution in [0.15, 0.2) is 59.3 Å². The molecule has 0 atom stereocenters. The number of halogens is 2. The van der Waals surface area contributed by atoms with E-state index in [4.69, 9.17) is 33.3 Å². The molecule has 0 saturated carbocycles. The van der Waals surface area contributed by atoms with Crippen molar-refractivity contribution in [1.29, 1.82) is 5.26 Å². The van der Waals surface area contributed by atoms with Crippen LogP contribution >= 0.6 is 23.2 Å². The third-order valence-corrected chi connectivity index (χ3v) is 3.78. The molecule has 5 nitrogen and oxygen atoms in total. The van der Waals surface area contributed by atoms with Crippen LogP contribution in [0.4, 0.5) is 0 Å². The van der Waals surface area contributed by atoms with Gasteiger partial charge in [0.25, 0.3) is 5.91 Å². The smallest absolute Gasteiger partial charge is 0.267 e. The minimum Gasteiger partial charge on any atom is -0.390 e. The Balaban J connectivity index is 1.90. The van der Waals surface area contributed by atoms with E-state index >= 15 is 0 Å². The van der Waals surface area contributed by atoms with Gasteiger partial charge >= 0.3 is 0 Å². The van der Waals surface area contributed by atoms with Gasteiger partial charge in [0, 0.05) is 15.6 Å². The first-order chi connectivity index (χ1) is 12.1. The summed E-state index contributed by atoms with van der Waals surface area (Å²) in [5.74, 6) is -0.588. The molecule has 7 heteroatoms. The van der Waals surface area contributed by atoms with Crippen LogP contribution in [0.25, 0.3) is 6.08 Å². The highest BCUT2D eigenvalue weighted by atomic mass is 35.5. The van der Waals surface area contributed by atoms with Gasteiger partial charge in [-0.25, -0.2) is 0 Å². The largest absolute Gasteiger partial charge is 0.390 e. The van der Waals surface area contributed by atoms with Gasteiger partial charge in [-0.3, -0.25) is 4.79 Å². The first-order valence-corrected chi connectivity index (χ1v) is 7.92. The predicted molar refractivity (Wildman–Crippen MR) is 97.9 cm³/mol. The number of carbonyl (C=O) groups excluding carboxylic acids is 1. The Bertz CT molecular complexity index is 823. The van der Waals surface area contributed by atoms with E-state index in [1.54, 1.807) is 30.3 Å².